The lowest BCUT2D eigenvalue weighted by Gasteiger charge is -2.23. The van der Waals surface area contributed by atoms with Crippen molar-refractivity contribution >= 4 is 24.8 Å². The predicted octanol–water partition coefficient (Wildman–Crippen LogP) is -0.430. The number of carbonyl (C=O) groups is 2. The van der Waals surface area contributed by atoms with Crippen LogP contribution in [0.5, 0.6) is 5.75 Å². The molecule has 1 fully saturated rings. The van der Waals surface area contributed by atoms with E-state index in [2.05, 4.69) is 5.32 Å². The largest absolute Gasteiger partial charge is 0.493 e. The van der Waals surface area contributed by atoms with Crippen LogP contribution in [0.15, 0.2) is 18.2 Å². The van der Waals surface area contributed by atoms with E-state index in [9.17, 15) is 18.0 Å². The molecule has 1 saturated heterocycles. The summed E-state index contributed by atoms with van der Waals surface area (Å²) in [5.74, 6) is -2.23. The van der Waals surface area contributed by atoms with Crippen molar-refractivity contribution in [2.75, 3.05) is 26.3 Å². The minimum absolute atomic E-state index is 0.146. The average molecular weight is 393 g/mol. The van der Waals surface area contributed by atoms with E-state index < -0.39 is 19.3 Å². The molecule has 1 heterocycles. The van der Waals surface area contributed by atoms with Gasteiger partial charge < -0.3 is 29.9 Å². The van der Waals surface area contributed by atoms with Gasteiger partial charge in [-0.3, -0.25) is 4.79 Å². The third-order valence-electron chi connectivity index (χ3n) is 3.42. The maximum Gasteiger partial charge on any atom is 0.490 e. The minimum Gasteiger partial charge on any atom is -0.493 e. The average Bonchev–Trinajstić information content (AvgIpc) is 2.62. The van der Waals surface area contributed by atoms with E-state index in [1.165, 1.54) is 12.1 Å². The zero-order valence-corrected chi connectivity index (χ0v) is 14.1. The summed E-state index contributed by atoms with van der Waals surface area (Å²) in [5.41, 5.74) is 0.389. The quantitative estimate of drug-likeness (QED) is 0.379. The minimum atomic E-state index is -5.08. The van der Waals surface area contributed by atoms with E-state index >= 15 is 0 Å². The van der Waals surface area contributed by atoms with Gasteiger partial charge in [-0.15, -0.1) is 0 Å². The van der Waals surface area contributed by atoms with Gasteiger partial charge in [0.05, 0.1) is 19.3 Å². The SMILES string of the molecule is O=C(O)C(F)(F)F.O=Cc1cc(OCCC2CNCCO2)ccc1B(O)O. The van der Waals surface area contributed by atoms with Crippen molar-refractivity contribution in [3.8, 4) is 5.75 Å². The number of ether oxygens (including phenoxy) is 2. The van der Waals surface area contributed by atoms with Crippen LogP contribution < -0.4 is 15.5 Å². The number of carbonyl (C=O) groups excluding carboxylic acids is 1. The molecule has 1 aromatic carbocycles. The lowest BCUT2D eigenvalue weighted by atomic mass is 9.77. The van der Waals surface area contributed by atoms with Crippen LogP contribution in [0.1, 0.15) is 16.8 Å². The van der Waals surface area contributed by atoms with Crippen LogP contribution in [-0.2, 0) is 9.53 Å². The van der Waals surface area contributed by atoms with Gasteiger partial charge in [-0.2, -0.15) is 13.2 Å². The van der Waals surface area contributed by atoms with Crippen molar-refractivity contribution in [1.29, 1.82) is 0 Å². The topological polar surface area (TPSA) is 125 Å². The fourth-order valence-electron chi connectivity index (χ4n) is 2.09. The summed E-state index contributed by atoms with van der Waals surface area (Å²) >= 11 is 0. The molecule has 0 aromatic heterocycles. The zero-order valence-electron chi connectivity index (χ0n) is 14.1. The maximum atomic E-state index is 10.9. The van der Waals surface area contributed by atoms with Gasteiger partial charge in [0, 0.05) is 25.1 Å². The Balaban J connectivity index is 0.000000445. The molecule has 1 aliphatic heterocycles. The first-order valence-electron chi connectivity index (χ1n) is 7.85. The van der Waals surface area contributed by atoms with E-state index in [0.717, 1.165) is 19.5 Å². The molecule has 27 heavy (non-hydrogen) atoms. The van der Waals surface area contributed by atoms with Gasteiger partial charge in [-0.25, -0.2) is 4.79 Å². The molecule has 4 N–H and O–H groups in total. The third kappa shape index (κ3) is 8.39. The number of aldehydes is 1. The molecule has 1 unspecified atom stereocenters. The molecule has 12 heteroatoms. The molecule has 1 aromatic rings. The number of hydrogen-bond acceptors (Lipinski definition) is 7. The lowest BCUT2D eigenvalue weighted by Crippen LogP contribution is -2.39. The van der Waals surface area contributed by atoms with E-state index in [0.29, 0.717) is 25.2 Å². The van der Waals surface area contributed by atoms with Gasteiger partial charge in [0.1, 0.15) is 12.0 Å². The summed E-state index contributed by atoms with van der Waals surface area (Å²) in [6.07, 6.45) is -3.60. The van der Waals surface area contributed by atoms with Crippen LogP contribution in [0.3, 0.4) is 0 Å². The lowest BCUT2D eigenvalue weighted by molar-refractivity contribution is -0.192. The van der Waals surface area contributed by atoms with E-state index in [-0.39, 0.29) is 17.1 Å². The standard InChI is InChI=1S/C13H18BNO5.C2HF3O2/c16-9-10-7-11(1-2-13(10)14(17)18)19-5-3-12-8-15-4-6-20-12;3-2(4,5)1(6)7/h1-2,7,9,12,15,17-18H,3-6,8H2;(H,6,7). The first kappa shape index (κ1) is 22.9. The molecular weight excluding hydrogens is 374 g/mol. The number of aliphatic carboxylic acids is 1. The highest BCUT2D eigenvalue weighted by Crippen LogP contribution is 2.13. The van der Waals surface area contributed by atoms with Crippen LogP contribution in [0, 0.1) is 0 Å². The number of rotatable bonds is 6. The summed E-state index contributed by atoms with van der Waals surface area (Å²) in [6, 6.07) is 4.59. The highest BCUT2D eigenvalue weighted by molar-refractivity contribution is 6.60. The Kier molecular flexibility index (Phi) is 9.22. The molecule has 2 rings (SSSR count). The van der Waals surface area contributed by atoms with Gasteiger partial charge >= 0.3 is 19.3 Å². The first-order valence-corrected chi connectivity index (χ1v) is 7.85. The van der Waals surface area contributed by atoms with E-state index in [1.54, 1.807) is 6.07 Å². The van der Waals surface area contributed by atoms with Gasteiger partial charge in [0.2, 0.25) is 0 Å². The van der Waals surface area contributed by atoms with Crippen molar-refractivity contribution in [1.82, 2.24) is 5.32 Å². The van der Waals surface area contributed by atoms with Gasteiger partial charge in [0.15, 0.2) is 0 Å². The first-order chi connectivity index (χ1) is 12.6. The number of hydrogen-bond donors (Lipinski definition) is 4. The smallest absolute Gasteiger partial charge is 0.490 e. The molecule has 0 radical (unpaired) electrons. The Morgan fingerprint density at radius 2 is 2.07 bits per heavy atom. The van der Waals surface area contributed by atoms with Crippen LogP contribution in [-0.4, -0.2) is 73.1 Å². The Labute approximate surface area is 153 Å². The summed E-state index contributed by atoms with van der Waals surface area (Å²) in [4.78, 5) is 19.8. The highest BCUT2D eigenvalue weighted by atomic mass is 19.4. The monoisotopic (exact) mass is 393 g/mol. The third-order valence-corrected chi connectivity index (χ3v) is 3.42. The summed E-state index contributed by atoms with van der Waals surface area (Å²) in [7, 11) is -1.66. The molecule has 1 aliphatic rings. The Morgan fingerprint density at radius 3 is 2.56 bits per heavy atom. The van der Waals surface area contributed by atoms with Crippen molar-refractivity contribution in [3.05, 3.63) is 23.8 Å². The molecule has 0 bridgehead atoms. The summed E-state index contributed by atoms with van der Waals surface area (Å²) in [5, 5.41) is 28.6. The number of halogens is 3. The number of alkyl halides is 3. The second-order valence-corrected chi connectivity index (χ2v) is 5.42. The van der Waals surface area contributed by atoms with E-state index in [4.69, 9.17) is 29.4 Å². The summed E-state index contributed by atoms with van der Waals surface area (Å²) < 4.78 is 42.8. The molecule has 8 nitrogen and oxygen atoms in total. The Bertz CT molecular complexity index is 622. The molecular formula is C15H19BF3NO7. The molecule has 0 saturated carbocycles. The van der Waals surface area contributed by atoms with Crippen LogP contribution in [0.2, 0.25) is 0 Å². The fourth-order valence-corrected chi connectivity index (χ4v) is 2.09. The number of carboxylic acids is 1. The zero-order chi connectivity index (χ0) is 20.4. The van der Waals surface area contributed by atoms with Gasteiger partial charge in [-0.1, -0.05) is 6.07 Å². The number of benzene rings is 1. The Hall–Kier alpha value is -2.15. The molecule has 1 atom stereocenters. The van der Waals surface area contributed by atoms with Crippen molar-refractivity contribution < 1.29 is 47.4 Å². The van der Waals surface area contributed by atoms with Gasteiger partial charge in [-0.05, 0) is 17.6 Å². The van der Waals surface area contributed by atoms with Crippen LogP contribution >= 0.6 is 0 Å². The van der Waals surface area contributed by atoms with Crippen molar-refractivity contribution in [3.63, 3.8) is 0 Å². The molecule has 150 valence electrons. The fraction of sp³-hybridized carbons (Fsp3) is 0.467. The highest BCUT2D eigenvalue weighted by Gasteiger charge is 2.38. The number of carboxylic acid groups (broad SMARTS) is 1. The number of morpholine rings is 1. The second-order valence-electron chi connectivity index (χ2n) is 5.42. The van der Waals surface area contributed by atoms with Crippen LogP contribution in [0.4, 0.5) is 13.2 Å². The second kappa shape index (κ2) is 10.9. The molecule has 0 aliphatic carbocycles. The molecule has 0 spiro atoms. The predicted molar refractivity (Wildman–Crippen MR) is 88.1 cm³/mol. The maximum absolute atomic E-state index is 10.9. The van der Waals surface area contributed by atoms with Crippen LogP contribution in [0.25, 0.3) is 0 Å². The van der Waals surface area contributed by atoms with Crippen molar-refractivity contribution in [2.45, 2.75) is 18.7 Å². The number of nitrogens with one attached hydrogen (secondary N) is 1. The molecule has 0 amide bonds. The normalized spacial score (nSPS) is 16.7. The summed E-state index contributed by atoms with van der Waals surface area (Å²) in [6.45, 7) is 2.89. The van der Waals surface area contributed by atoms with E-state index in [1.807, 2.05) is 0 Å². The van der Waals surface area contributed by atoms with Crippen molar-refractivity contribution in [2.24, 2.45) is 0 Å². The van der Waals surface area contributed by atoms with Gasteiger partial charge in [0.25, 0.3) is 0 Å². The Morgan fingerprint density at radius 1 is 1.41 bits per heavy atom.